The summed E-state index contributed by atoms with van der Waals surface area (Å²) in [7, 11) is -11.2. The summed E-state index contributed by atoms with van der Waals surface area (Å²) in [6.45, 7) is 2.77. The molecule has 4 N–H and O–H groups in total. The topological polar surface area (TPSA) is 245 Å². The number of rotatable bonds is 35. The standard InChI is InChI=1S/C38H71N3O13P2S.2Na/c1-3-5-7-9-11-13-14-15-17-19-21-23-27-57-30-31(52-34(42)24-22-20-18-16-12-10-8-6-4-2)28-50-55(46,47)54-56(48,49)51-29-32-35(43)36(44)37(53-32)41-26-25-33(39)40-38(41)45;;/h25-26,31-32,35-37,43-44H,3-24,27-30H2,1-2H3,(H,46,47)(H,48,49)(H2,39,40,45);;/q;2*+1/p-2/t31?,32-,35-,36+,37?;;/m1../s1. The van der Waals surface area contributed by atoms with E-state index in [9.17, 15) is 38.7 Å². The first kappa shape index (κ1) is 59.6. The number of carbonyl (C=O) groups excluding carboxylic acids is 1. The molecule has 332 valence electrons. The molecule has 16 nitrogen and oxygen atoms in total. The third kappa shape index (κ3) is 27.5. The van der Waals surface area contributed by atoms with Gasteiger partial charge in [-0.05, 0) is 24.7 Å². The van der Waals surface area contributed by atoms with Gasteiger partial charge in [0, 0.05) is 18.4 Å². The normalized spacial score (nSPS) is 20.2. The minimum atomic E-state index is -5.63. The number of esters is 1. The molecule has 1 aromatic rings. The van der Waals surface area contributed by atoms with Crippen molar-refractivity contribution in [2.75, 3.05) is 30.5 Å². The van der Waals surface area contributed by atoms with E-state index in [2.05, 4.69) is 27.7 Å². The second-order valence-electron chi connectivity index (χ2n) is 14.8. The molecule has 4 unspecified atom stereocenters. The van der Waals surface area contributed by atoms with Crippen molar-refractivity contribution in [3.8, 4) is 0 Å². The number of hydrogen-bond acceptors (Lipinski definition) is 16. The van der Waals surface area contributed by atoms with Crippen LogP contribution in [-0.4, -0.2) is 74.9 Å². The maximum Gasteiger partial charge on any atom is 1.00 e. The first-order valence-corrected chi connectivity index (χ1v) is 25.1. The molecule has 21 heteroatoms. The molecule has 1 saturated heterocycles. The van der Waals surface area contributed by atoms with Crippen molar-refractivity contribution >= 4 is 39.2 Å². The number of hydrogen-bond donors (Lipinski definition) is 3. The molecule has 2 heterocycles. The number of aromatic nitrogens is 2. The first-order valence-electron chi connectivity index (χ1n) is 21.0. The van der Waals surface area contributed by atoms with E-state index in [-0.39, 0.29) is 77.1 Å². The Hall–Kier alpha value is 0.640. The van der Waals surface area contributed by atoms with E-state index in [1.54, 1.807) is 0 Å². The molecule has 7 atom stereocenters. The number of carbonyl (C=O) groups is 1. The summed E-state index contributed by atoms with van der Waals surface area (Å²) in [5.74, 6) is 0.419. The molecule has 59 heavy (non-hydrogen) atoms. The number of unbranched alkanes of at least 4 members (excludes halogenated alkanes) is 19. The Morgan fingerprint density at radius 1 is 0.831 bits per heavy atom. The summed E-state index contributed by atoms with van der Waals surface area (Å²) < 4.78 is 50.7. The van der Waals surface area contributed by atoms with Gasteiger partial charge >= 0.3 is 70.8 Å². The number of nitrogens with zero attached hydrogens (tertiary/aromatic N) is 2. The molecule has 0 bridgehead atoms. The van der Waals surface area contributed by atoms with Crippen molar-refractivity contribution in [3.63, 3.8) is 0 Å². The molecule has 0 aromatic carbocycles. The Kier molecular flexibility index (Phi) is 35.3. The van der Waals surface area contributed by atoms with Crippen LogP contribution in [0.25, 0.3) is 0 Å². The van der Waals surface area contributed by atoms with Gasteiger partial charge in [0.2, 0.25) is 0 Å². The van der Waals surface area contributed by atoms with Gasteiger partial charge in [-0.15, -0.1) is 0 Å². The van der Waals surface area contributed by atoms with Crippen molar-refractivity contribution in [1.82, 2.24) is 9.55 Å². The minimum Gasteiger partial charge on any atom is -0.756 e. The van der Waals surface area contributed by atoms with E-state index in [1.165, 1.54) is 114 Å². The average molecular weight is 916 g/mol. The zero-order valence-corrected chi connectivity index (χ0v) is 42.7. The summed E-state index contributed by atoms with van der Waals surface area (Å²) in [5.41, 5.74) is 4.58. The first-order chi connectivity index (χ1) is 27.3. The van der Waals surface area contributed by atoms with Crippen molar-refractivity contribution in [2.24, 2.45) is 0 Å². The molecule has 0 saturated carbocycles. The Balaban J connectivity index is 0.0000168. The maximum absolute atomic E-state index is 12.7. The second-order valence-corrected chi connectivity index (χ2v) is 18.9. The van der Waals surface area contributed by atoms with Crippen LogP contribution in [0.5, 0.6) is 0 Å². The summed E-state index contributed by atoms with van der Waals surface area (Å²) >= 11 is 1.49. The number of anilines is 1. The summed E-state index contributed by atoms with van der Waals surface area (Å²) in [4.78, 5) is 53.5. The molecule has 1 aliphatic rings. The van der Waals surface area contributed by atoms with E-state index in [0.29, 0.717) is 6.42 Å². The average Bonchev–Trinajstić information content (AvgIpc) is 3.43. The molecule has 0 spiro atoms. The molecule has 1 aliphatic heterocycles. The van der Waals surface area contributed by atoms with Crippen molar-refractivity contribution in [2.45, 2.75) is 186 Å². The van der Waals surface area contributed by atoms with E-state index in [4.69, 9.17) is 19.7 Å². The monoisotopic (exact) mass is 915 g/mol. The van der Waals surface area contributed by atoms with Gasteiger partial charge in [0.25, 0.3) is 15.6 Å². The van der Waals surface area contributed by atoms with Gasteiger partial charge in [-0.25, -0.2) is 9.11 Å². The van der Waals surface area contributed by atoms with Crippen LogP contribution in [0.1, 0.15) is 161 Å². The van der Waals surface area contributed by atoms with Crippen molar-refractivity contribution in [1.29, 1.82) is 0 Å². The Morgan fingerprint density at radius 3 is 1.85 bits per heavy atom. The van der Waals surface area contributed by atoms with E-state index in [0.717, 1.165) is 48.8 Å². The van der Waals surface area contributed by atoms with Crippen LogP contribution in [0.2, 0.25) is 0 Å². The quantitative estimate of drug-likeness (QED) is 0.0367. The molecule has 0 aliphatic carbocycles. The number of ether oxygens (including phenoxy) is 2. The maximum atomic E-state index is 12.7. The Morgan fingerprint density at radius 2 is 1.32 bits per heavy atom. The molecule has 1 aromatic heterocycles. The van der Waals surface area contributed by atoms with E-state index >= 15 is 0 Å². The largest absolute Gasteiger partial charge is 1.00 e. The molecule has 0 amide bonds. The fourth-order valence-electron chi connectivity index (χ4n) is 6.43. The molecule has 2 rings (SSSR count). The third-order valence-electron chi connectivity index (χ3n) is 9.71. The molecular weight excluding hydrogens is 846 g/mol. The predicted octanol–water partition coefficient (Wildman–Crippen LogP) is 0.706. The van der Waals surface area contributed by atoms with Crippen LogP contribution < -0.4 is 80.3 Å². The zero-order valence-electron chi connectivity index (χ0n) is 36.1. The van der Waals surface area contributed by atoms with Crippen LogP contribution in [0.15, 0.2) is 17.1 Å². The van der Waals surface area contributed by atoms with Gasteiger partial charge in [-0.2, -0.15) is 16.7 Å². The summed E-state index contributed by atoms with van der Waals surface area (Å²) in [6, 6.07) is 1.25. The van der Waals surface area contributed by atoms with Gasteiger partial charge in [0.1, 0.15) is 30.2 Å². The van der Waals surface area contributed by atoms with Gasteiger partial charge in [0.15, 0.2) is 6.23 Å². The Labute approximate surface area is 400 Å². The Bertz CT molecular complexity index is 1410. The molecule has 0 radical (unpaired) electrons. The van der Waals surface area contributed by atoms with Crippen LogP contribution in [-0.2, 0) is 36.8 Å². The number of aliphatic hydroxyl groups is 2. The number of nitrogens with two attached hydrogens (primary N) is 1. The van der Waals surface area contributed by atoms with E-state index in [1.807, 2.05) is 0 Å². The van der Waals surface area contributed by atoms with Crippen molar-refractivity contribution in [3.05, 3.63) is 22.7 Å². The third-order valence-corrected chi connectivity index (χ3v) is 13.4. The van der Waals surface area contributed by atoms with Gasteiger partial charge in [0.05, 0.1) is 13.2 Å². The van der Waals surface area contributed by atoms with Crippen molar-refractivity contribution < 1.29 is 116 Å². The van der Waals surface area contributed by atoms with Crippen LogP contribution in [0, 0.1) is 0 Å². The van der Waals surface area contributed by atoms with Gasteiger partial charge in [-0.3, -0.25) is 18.5 Å². The van der Waals surface area contributed by atoms with Crippen LogP contribution in [0.4, 0.5) is 5.82 Å². The number of thioether (sulfide) groups is 1. The van der Waals surface area contributed by atoms with E-state index < -0.39 is 71.2 Å². The number of aliphatic hydroxyl groups excluding tert-OH is 2. The van der Waals surface area contributed by atoms with Gasteiger partial charge in [-0.1, -0.05) is 136 Å². The number of nitrogen functional groups attached to an aromatic ring is 1. The predicted molar refractivity (Wildman–Crippen MR) is 217 cm³/mol. The summed E-state index contributed by atoms with van der Waals surface area (Å²) in [5, 5.41) is 20.8. The van der Waals surface area contributed by atoms with Gasteiger partial charge < -0.3 is 44.3 Å². The molecule has 1 fully saturated rings. The number of phosphoric ester groups is 2. The number of phosphoric acid groups is 2. The smallest absolute Gasteiger partial charge is 0.756 e. The van der Waals surface area contributed by atoms with Crippen LogP contribution in [0.3, 0.4) is 0 Å². The molecular formula is C38H69N3Na2O13P2S. The minimum absolute atomic E-state index is 0. The SMILES string of the molecule is CCCCCCCCCCCCCCSCC(COP(=O)([O-])OP(=O)([O-])OC[C@H]1OC(n2ccc(N)nc2=O)[C@@H](O)[C@@H]1O)OC(=O)CCCCCCCCCCC.[Na+].[Na+]. The fraction of sp³-hybridized carbons (Fsp3) is 0.868. The van der Waals surface area contributed by atoms with Crippen LogP contribution >= 0.6 is 27.4 Å². The zero-order chi connectivity index (χ0) is 41.9. The fourth-order valence-corrected chi connectivity index (χ4v) is 9.46. The second kappa shape index (κ2) is 35.0. The summed E-state index contributed by atoms with van der Waals surface area (Å²) in [6.07, 6.45) is 18.3.